The van der Waals surface area contributed by atoms with Gasteiger partial charge in [-0.15, -0.1) is 12.4 Å². The molecule has 2 N–H and O–H groups in total. The quantitative estimate of drug-likeness (QED) is 0.537. The van der Waals surface area contributed by atoms with Crippen molar-refractivity contribution in [3.63, 3.8) is 0 Å². The van der Waals surface area contributed by atoms with Gasteiger partial charge in [0.25, 0.3) is 0 Å². The summed E-state index contributed by atoms with van der Waals surface area (Å²) < 4.78 is 12.1. The molecule has 0 amide bonds. The predicted octanol–water partition coefficient (Wildman–Crippen LogP) is 5.24. The summed E-state index contributed by atoms with van der Waals surface area (Å²) in [4.78, 5) is 0. The van der Waals surface area contributed by atoms with Gasteiger partial charge in [-0.05, 0) is 58.2 Å². The zero-order valence-corrected chi connectivity index (χ0v) is 18.3. The second-order valence-corrected chi connectivity index (χ2v) is 7.29. The van der Waals surface area contributed by atoms with Crippen LogP contribution >= 0.6 is 51.5 Å². The minimum absolute atomic E-state index is 0. The topological polar surface area (TPSA) is 50.7 Å². The standard InChI is InChI=1S/C18H20BrCl2NO3.ClH/c1-11(23)8-22-9-13-5-14(19)18(17(7-13)24-2)25-10-12-3-4-15(20)16(21)6-12;/h3-7,11,22-23H,8-10H2,1-2H3;1H. The van der Waals surface area contributed by atoms with Gasteiger partial charge in [-0.1, -0.05) is 29.3 Å². The van der Waals surface area contributed by atoms with Crippen LogP contribution in [0, 0.1) is 0 Å². The number of ether oxygens (including phenoxy) is 2. The van der Waals surface area contributed by atoms with Crippen molar-refractivity contribution in [3.8, 4) is 11.5 Å². The largest absolute Gasteiger partial charge is 0.493 e. The summed E-state index contributed by atoms with van der Waals surface area (Å²) in [5.74, 6) is 1.25. The van der Waals surface area contributed by atoms with E-state index in [4.69, 9.17) is 32.7 Å². The molecule has 1 atom stereocenters. The molecule has 0 heterocycles. The molecule has 2 aromatic rings. The highest BCUT2D eigenvalue weighted by atomic mass is 79.9. The molecule has 0 spiro atoms. The van der Waals surface area contributed by atoms with Crippen molar-refractivity contribution >= 4 is 51.5 Å². The first kappa shape index (κ1) is 23.3. The number of rotatable bonds is 8. The Morgan fingerprint density at radius 1 is 1.15 bits per heavy atom. The molecule has 144 valence electrons. The van der Waals surface area contributed by atoms with E-state index in [1.807, 2.05) is 18.2 Å². The molecule has 2 rings (SSSR count). The highest BCUT2D eigenvalue weighted by Gasteiger charge is 2.12. The van der Waals surface area contributed by atoms with Crippen molar-refractivity contribution in [2.75, 3.05) is 13.7 Å². The number of methoxy groups -OCH3 is 1. The Hall–Kier alpha value is -0.690. The number of aliphatic hydroxyl groups is 1. The van der Waals surface area contributed by atoms with Crippen LogP contribution in [0.4, 0.5) is 0 Å². The van der Waals surface area contributed by atoms with Gasteiger partial charge in [0, 0.05) is 13.1 Å². The van der Waals surface area contributed by atoms with Crippen LogP contribution in [0.3, 0.4) is 0 Å². The van der Waals surface area contributed by atoms with E-state index in [1.165, 1.54) is 0 Å². The van der Waals surface area contributed by atoms with Gasteiger partial charge in [0.05, 0.1) is 27.7 Å². The van der Waals surface area contributed by atoms with Crippen molar-refractivity contribution in [1.82, 2.24) is 5.32 Å². The minimum atomic E-state index is -0.390. The molecule has 0 saturated heterocycles. The zero-order valence-electron chi connectivity index (χ0n) is 14.4. The second kappa shape index (κ2) is 11.2. The minimum Gasteiger partial charge on any atom is -0.493 e. The SMILES string of the molecule is COc1cc(CNCC(C)O)cc(Br)c1OCc1ccc(Cl)c(Cl)c1.Cl. The Balaban J connectivity index is 0.00000338. The molecule has 2 aromatic carbocycles. The molecular formula is C18H21BrCl3NO3. The normalized spacial score (nSPS) is 11.6. The molecule has 0 saturated carbocycles. The number of hydrogen-bond donors (Lipinski definition) is 2. The average Bonchev–Trinajstić information content (AvgIpc) is 2.56. The highest BCUT2D eigenvalue weighted by Crippen LogP contribution is 2.37. The van der Waals surface area contributed by atoms with Gasteiger partial charge in [-0.3, -0.25) is 0 Å². The van der Waals surface area contributed by atoms with Crippen molar-refractivity contribution in [3.05, 3.63) is 56.0 Å². The summed E-state index contributed by atoms with van der Waals surface area (Å²) in [5.41, 5.74) is 1.93. The van der Waals surface area contributed by atoms with Crippen LogP contribution in [-0.4, -0.2) is 24.9 Å². The molecule has 4 nitrogen and oxygen atoms in total. The molecule has 26 heavy (non-hydrogen) atoms. The summed E-state index contributed by atoms with van der Waals surface area (Å²) in [7, 11) is 1.60. The van der Waals surface area contributed by atoms with Crippen molar-refractivity contribution in [1.29, 1.82) is 0 Å². The summed E-state index contributed by atoms with van der Waals surface area (Å²) in [6.45, 7) is 3.22. The van der Waals surface area contributed by atoms with Crippen molar-refractivity contribution in [2.24, 2.45) is 0 Å². The van der Waals surface area contributed by atoms with E-state index < -0.39 is 0 Å². The number of benzene rings is 2. The van der Waals surface area contributed by atoms with Crippen LogP contribution in [0.1, 0.15) is 18.1 Å². The lowest BCUT2D eigenvalue weighted by atomic mass is 10.2. The van der Waals surface area contributed by atoms with Gasteiger partial charge in [0.2, 0.25) is 0 Å². The molecule has 0 aliphatic rings. The molecule has 8 heteroatoms. The monoisotopic (exact) mass is 483 g/mol. The Labute approximate surface area is 178 Å². The first-order chi connectivity index (χ1) is 11.9. The Morgan fingerprint density at radius 2 is 1.88 bits per heavy atom. The third kappa shape index (κ3) is 6.80. The highest BCUT2D eigenvalue weighted by molar-refractivity contribution is 9.10. The van der Waals surface area contributed by atoms with E-state index in [2.05, 4.69) is 21.2 Å². The van der Waals surface area contributed by atoms with Gasteiger partial charge in [-0.2, -0.15) is 0 Å². The predicted molar refractivity (Wildman–Crippen MR) is 112 cm³/mol. The Bertz CT molecular complexity index is 729. The second-order valence-electron chi connectivity index (χ2n) is 5.63. The van der Waals surface area contributed by atoms with Gasteiger partial charge < -0.3 is 19.9 Å². The van der Waals surface area contributed by atoms with Gasteiger partial charge in [0.15, 0.2) is 11.5 Å². The Morgan fingerprint density at radius 3 is 2.50 bits per heavy atom. The van der Waals surface area contributed by atoms with Crippen molar-refractivity contribution < 1.29 is 14.6 Å². The van der Waals surface area contributed by atoms with Crippen LogP contribution in [0.25, 0.3) is 0 Å². The van der Waals surface area contributed by atoms with Gasteiger partial charge in [-0.25, -0.2) is 0 Å². The fourth-order valence-electron chi connectivity index (χ4n) is 2.23. The summed E-state index contributed by atoms with van der Waals surface area (Å²) in [5, 5.41) is 13.5. The molecular weight excluding hydrogens is 464 g/mol. The molecule has 0 aromatic heterocycles. The van der Waals surface area contributed by atoms with Crippen LogP contribution in [0.15, 0.2) is 34.8 Å². The third-order valence-electron chi connectivity index (χ3n) is 3.43. The van der Waals surface area contributed by atoms with Gasteiger partial charge >= 0.3 is 0 Å². The molecule has 0 bridgehead atoms. The third-order valence-corrected chi connectivity index (χ3v) is 4.75. The van der Waals surface area contributed by atoms with E-state index in [-0.39, 0.29) is 18.5 Å². The van der Waals surface area contributed by atoms with E-state index in [0.29, 0.717) is 41.2 Å². The number of aliphatic hydroxyl groups excluding tert-OH is 1. The number of nitrogens with one attached hydrogen (secondary N) is 1. The van der Waals surface area contributed by atoms with Crippen LogP contribution < -0.4 is 14.8 Å². The van der Waals surface area contributed by atoms with Crippen LogP contribution in [0.2, 0.25) is 10.0 Å². The lowest BCUT2D eigenvalue weighted by Gasteiger charge is -2.15. The van der Waals surface area contributed by atoms with E-state index in [1.54, 1.807) is 26.2 Å². The lowest BCUT2D eigenvalue weighted by molar-refractivity contribution is 0.191. The molecule has 0 fully saturated rings. The fourth-order valence-corrected chi connectivity index (χ4v) is 3.15. The van der Waals surface area contributed by atoms with E-state index >= 15 is 0 Å². The van der Waals surface area contributed by atoms with Gasteiger partial charge in [0.1, 0.15) is 6.61 Å². The summed E-state index contributed by atoms with van der Waals surface area (Å²) >= 11 is 15.5. The average molecular weight is 486 g/mol. The molecule has 0 aliphatic heterocycles. The first-order valence-electron chi connectivity index (χ1n) is 7.72. The van der Waals surface area contributed by atoms with E-state index in [9.17, 15) is 5.11 Å². The fraction of sp³-hybridized carbons (Fsp3) is 0.333. The lowest BCUT2D eigenvalue weighted by Crippen LogP contribution is -2.23. The maximum absolute atomic E-state index is 9.31. The molecule has 0 radical (unpaired) electrons. The zero-order chi connectivity index (χ0) is 18.4. The summed E-state index contributed by atoms with van der Waals surface area (Å²) in [6, 6.07) is 9.25. The Kier molecular flexibility index (Phi) is 10.1. The first-order valence-corrected chi connectivity index (χ1v) is 9.27. The maximum Gasteiger partial charge on any atom is 0.175 e. The molecule has 1 unspecified atom stereocenters. The molecule has 0 aliphatic carbocycles. The smallest absolute Gasteiger partial charge is 0.175 e. The van der Waals surface area contributed by atoms with Crippen LogP contribution in [0.5, 0.6) is 11.5 Å². The number of halogens is 4. The number of hydrogen-bond acceptors (Lipinski definition) is 4. The summed E-state index contributed by atoms with van der Waals surface area (Å²) in [6.07, 6.45) is -0.390. The maximum atomic E-state index is 9.31. The van der Waals surface area contributed by atoms with Crippen LogP contribution in [-0.2, 0) is 13.2 Å². The van der Waals surface area contributed by atoms with E-state index in [0.717, 1.165) is 15.6 Å². The van der Waals surface area contributed by atoms with Crippen molar-refractivity contribution in [2.45, 2.75) is 26.2 Å².